The van der Waals surface area contributed by atoms with Crippen molar-refractivity contribution in [1.82, 2.24) is 10.3 Å². The lowest BCUT2D eigenvalue weighted by Crippen LogP contribution is -2.30. The number of nitrogens with one attached hydrogen (secondary N) is 1. The van der Waals surface area contributed by atoms with Gasteiger partial charge in [-0.3, -0.25) is 9.78 Å². The van der Waals surface area contributed by atoms with Crippen LogP contribution in [0.4, 0.5) is 0 Å². The summed E-state index contributed by atoms with van der Waals surface area (Å²) < 4.78 is 0. The first-order valence-corrected chi connectivity index (χ1v) is 5.29. The maximum atomic E-state index is 11.1. The molecule has 0 amide bonds. The molecule has 1 aromatic rings. The average Bonchev–Trinajstić information content (AvgIpc) is 2.27. The van der Waals surface area contributed by atoms with E-state index >= 15 is 0 Å². The molecule has 4 nitrogen and oxygen atoms in total. The monoisotopic (exact) mass is 222 g/mol. The van der Waals surface area contributed by atoms with Gasteiger partial charge in [0.2, 0.25) is 0 Å². The summed E-state index contributed by atoms with van der Waals surface area (Å²) in [4.78, 5) is 15.3. The van der Waals surface area contributed by atoms with Crippen LogP contribution in [0.15, 0.2) is 24.4 Å². The predicted molar refractivity (Wildman–Crippen MR) is 62.1 cm³/mol. The molecule has 16 heavy (non-hydrogen) atoms. The fraction of sp³-hybridized carbons (Fsp3) is 0.500. The maximum Gasteiger partial charge on any atom is 0.309 e. The highest BCUT2D eigenvalue weighted by atomic mass is 16.4. The Hall–Kier alpha value is -1.42. The molecule has 4 heteroatoms. The SMILES string of the molecule is CNC(CC(C)(C)C(=O)O)c1ccccn1. The molecule has 0 aliphatic heterocycles. The third kappa shape index (κ3) is 3.03. The van der Waals surface area contributed by atoms with Crippen molar-refractivity contribution in [1.29, 1.82) is 0 Å². The van der Waals surface area contributed by atoms with Gasteiger partial charge in [-0.25, -0.2) is 0 Å². The molecule has 1 aromatic heterocycles. The van der Waals surface area contributed by atoms with Crippen LogP contribution < -0.4 is 5.32 Å². The van der Waals surface area contributed by atoms with Gasteiger partial charge in [0, 0.05) is 6.20 Å². The van der Waals surface area contributed by atoms with Gasteiger partial charge in [-0.1, -0.05) is 6.07 Å². The predicted octanol–water partition coefficient (Wildman–Crippen LogP) is 1.84. The molecule has 0 aliphatic rings. The molecule has 2 N–H and O–H groups in total. The number of hydrogen-bond acceptors (Lipinski definition) is 3. The van der Waals surface area contributed by atoms with Crippen molar-refractivity contribution in [3.63, 3.8) is 0 Å². The van der Waals surface area contributed by atoms with Gasteiger partial charge in [-0.2, -0.15) is 0 Å². The minimum Gasteiger partial charge on any atom is -0.481 e. The molecule has 1 atom stereocenters. The number of nitrogens with zero attached hydrogens (tertiary/aromatic N) is 1. The van der Waals surface area contributed by atoms with Crippen LogP contribution in [0.5, 0.6) is 0 Å². The summed E-state index contributed by atoms with van der Waals surface area (Å²) >= 11 is 0. The Morgan fingerprint density at radius 1 is 1.56 bits per heavy atom. The highest BCUT2D eigenvalue weighted by molar-refractivity contribution is 5.73. The van der Waals surface area contributed by atoms with Crippen molar-refractivity contribution >= 4 is 5.97 Å². The standard InChI is InChI=1S/C12H18N2O2/c1-12(2,11(15)16)8-10(13-3)9-6-4-5-7-14-9/h4-7,10,13H,8H2,1-3H3,(H,15,16). The Morgan fingerprint density at radius 3 is 2.69 bits per heavy atom. The Bertz CT molecular complexity index is 349. The molecule has 0 saturated carbocycles. The number of hydrogen-bond donors (Lipinski definition) is 2. The molecular weight excluding hydrogens is 204 g/mol. The zero-order valence-corrected chi connectivity index (χ0v) is 9.90. The van der Waals surface area contributed by atoms with Gasteiger partial charge in [0.05, 0.1) is 17.2 Å². The third-order valence-electron chi connectivity index (χ3n) is 2.69. The average molecular weight is 222 g/mol. The molecule has 0 spiro atoms. The van der Waals surface area contributed by atoms with Gasteiger partial charge in [0.15, 0.2) is 0 Å². The molecule has 0 radical (unpaired) electrons. The lowest BCUT2D eigenvalue weighted by Gasteiger charge is -2.25. The van der Waals surface area contributed by atoms with Crippen molar-refractivity contribution < 1.29 is 9.90 Å². The first-order chi connectivity index (χ1) is 7.47. The zero-order valence-electron chi connectivity index (χ0n) is 9.90. The van der Waals surface area contributed by atoms with Crippen molar-refractivity contribution in [3.8, 4) is 0 Å². The van der Waals surface area contributed by atoms with E-state index in [0.717, 1.165) is 5.69 Å². The van der Waals surface area contributed by atoms with Gasteiger partial charge < -0.3 is 10.4 Å². The highest BCUT2D eigenvalue weighted by Crippen LogP contribution is 2.29. The lowest BCUT2D eigenvalue weighted by molar-refractivity contribution is -0.147. The summed E-state index contributed by atoms with van der Waals surface area (Å²) in [5, 5.41) is 12.2. The maximum absolute atomic E-state index is 11.1. The van der Waals surface area contributed by atoms with Gasteiger partial charge in [0.1, 0.15) is 0 Å². The Labute approximate surface area is 95.7 Å². The second-order valence-corrected chi connectivity index (χ2v) is 4.49. The normalized spacial score (nSPS) is 13.4. The van der Waals surface area contributed by atoms with Gasteiger partial charge in [0.25, 0.3) is 0 Å². The molecule has 0 aromatic carbocycles. The van der Waals surface area contributed by atoms with E-state index in [-0.39, 0.29) is 6.04 Å². The fourth-order valence-electron chi connectivity index (χ4n) is 1.53. The Morgan fingerprint density at radius 2 is 2.25 bits per heavy atom. The Balaban J connectivity index is 2.81. The molecule has 0 aliphatic carbocycles. The lowest BCUT2D eigenvalue weighted by atomic mass is 9.85. The quantitative estimate of drug-likeness (QED) is 0.798. The number of carboxylic acids is 1. The second-order valence-electron chi connectivity index (χ2n) is 4.49. The highest BCUT2D eigenvalue weighted by Gasteiger charge is 2.31. The topological polar surface area (TPSA) is 62.2 Å². The van der Waals surface area contributed by atoms with E-state index < -0.39 is 11.4 Å². The molecule has 1 heterocycles. The first-order valence-electron chi connectivity index (χ1n) is 5.29. The fourth-order valence-corrected chi connectivity index (χ4v) is 1.53. The smallest absolute Gasteiger partial charge is 0.309 e. The first kappa shape index (κ1) is 12.6. The van der Waals surface area contributed by atoms with Crippen LogP contribution in [0, 0.1) is 5.41 Å². The summed E-state index contributed by atoms with van der Waals surface area (Å²) in [6.07, 6.45) is 2.23. The number of carbonyl (C=O) groups is 1. The van der Waals surface area contributed by atoms with E-state index in [9.17, 15) is 4.79 Å². The van der Waals surface area contributed by atoms with Crippen LogP contribution >= 0.6 is 0 Å². The van der Waals surface area contributed by atoms with Crippen LogP contribution in [0.25, 0.3) is 0 Å². The van der Waals surface area contributed by atoms with Crippen LogP contribution in [0.1, 0.15) is 32.0 Å². The largest absolute Gasteiger partial charge is 0.481 e. The second kappa shape index (κ2) is 5.07. The number of carboxylic acid groups (broad SMARTS) is 1. The van der Waals surface area contributed by atoms with Crippen LogP contribution in [-0.2, 0) is 4.79 Å². The van der Waals surface area contributed by atoms with Crippen LogP contribution in [0.3, 0.4) is 0 Å². The van der Waals surface area contributed by atoms with Crippen molar-refractivity contribution in [2.45, 2.75) is 26.3 Å². The molecule has 0 fully saturated rings. The summed E-state index contributed by atoms with van der Waals surface area (Å²) in [5.41, 5.74) is 0.116. The van der Waals surface area contributed by atoms with Crippen LogP contribution in [-0.4, -0.2) is 23.1 Å². The molecule has 88 valence electrons. The van der Waals surface area contributed by atoms with Gasteiger partial charge in [-0.05, 0) is 39.4 Å². The summed E-state index contributed by atoms with van der Waals surface area (Å²) in [5.74, 6) is -0.788. The molecular formula is C12H18N2O2. The van der Waals surface area contributed by atoms with Crippen molar-refractivity contribution in [2.75, 3.05) is 7.05 Å². The minimum atomic E-state index is -0.788. The van der Waals surface area contributed by atoms with Gasteiger partial charge >= 0.3 is 5.97 Å². The number of pyridine rings is 1. The summed E-state index contributed by atoms with van der Waals surface area (Å²) in [6, 6.07) is 5.62. The van der Waals surface area contributed by atoms with Crippen LogP contribution in [0.2, 0.25) is 0 Å². The van der Waals surface area contributed by atoms with Crippen molar-refractivity contribution in [2.24, 2.45) is 5.41 Å². The van der Waals surface area contributed by atoms with Crippen molar-refractivity contribution in [3.05, 3.63) is 30.1 Å². The minimum absolute atomic E-state index is 0.0349. The third-order valence-corrected chi connectivity index (χ3v) is 2.69. The summed E-state index contributed by atoms with van der Waals surface area (Å²) in [7, 11) is 1.82. The van der Waals surface area contributed by atoms with E-state index in [1.54, 1.807) is 20.0 Å². The number of rotatable bonds is 5. The van der Waals surface area contributed by atoms with E-state index in [0.29, 0.717) is 6.42 Å². The van der Waals surface area contributed by atoms with E-state index in [2.05, 4.69) is 10.3 Å². The van der Waals surface area contributed by atoms with Gasteiger partial charge in [-0.15, -0.1) is 0 Å². The molecule has 0 bridgehead atoms. The molecule has 1 rings (SSSR count). The number of aromatic nitrogens is 1. The zero-order chi connectivity index (χ0) is 12.2. The summed E-state index contributed by atoms with van der Waals surface area (Å²) in [6.45, 7) is 3.45. The molecule has 0 saturated heterocycles. The van der Waals surface area contributed by atoms with E-state index in [4.69, 9.17) is 5.11 Å². The molecule has 1 unspecified atom stereocenters. The number of aliphatic carboxylic acids is 1. The van der Waals surface area contributed by atoms with E-state index in [1.165, 1.54) is 0 Å². The Kier molecular flexibility index (Phi) is 4.01. The van der Waals surface area contributed by atoms with E-state index in [1.807, 2.05) is 25.2 Å².